The molecule has 0 saturated heterocycles. The zero-order valence-corrected chi connectivity index (χ0v) is 9.09. The van der Waals surface area contributed by atoms with Gasteiger partial charge >= 0.3 is 50.3 Å². The Labute approximate surface area is 87.5 Å². The molecule has 0 aliphatic rings. The van der Waals surface area contributed by atoms with Gasteiger partial charge in [-0.3, -0.25) is 0 Å². The summed E-state index contributed by atoms with van der Waals surface area (Å²) in [5.41, 5.74) is 0. The third-order valence-electron chi connectivity index (χ3n) is 0.287. The maximum atomic E-state index is 4.85. The Bertz CT molecular complexity index is 37.7. The van der Waals surface area contributed by atoms with Crippen molar-refractivity contribution >= 4 is 0 Å². The standard InChI is InChI=1S/2C2H5O.3ClH.Fe/c2*1-2-3;;;;/h2*2H2,1H3;3*1H;/q2*-1;;;;+5/p-3. The van der Waals surface area contributed by atoms with Crippen LogP contribution in [0.3, 0.4) is 0 Å². The summed E-state index contributed by atoms with van der Waals surface area (Å²) in [7, 11) is 0. The Kier molecular flexibility index (Phi) is 50.5. The fourth-order valence-corrected chi connectivity index (χ4v) is 0.465. The molecule has 2 nitrogen and oxygen atoms in total. The molecule has 0 aromatic heterocycles. The van der Waals surface area contributed by atoms with Crippen LogP contribution in [0.2, 0.25) is 0 Å². The van der Waals surface area contributed by atoms with Crippen molar-refractivity contribution in [2.45, 2.75) is 13.8 Å². The molecule has 0 radical (unpaired) electrons. The van der Waals surface area contributed by atoms with Gasteiger partial charge in [-0.1, -0.05) is 0 Å². The SMILES string of the molecule is CC[O][Fe+3][O]CC.[Cl-].[Cl-].[Cl-]. The molecule has 0 amide bonds. The largest absolute Gasteiger partial charge is 1.00 e. The summed E-state index contributed by atoms with van der Waals surface area (Å²) in [6.45, 7) is 5.36. The molecular weight excluding hydrogens is 242 g/mol. The summed E-state index contributed by atoms with van der Waals surface area (Å²) in [6.07, 6.45) is 0. The number of rotatable bonds is 4. The van der Waals surface area contributed by atoms with Crippen LogP contribution in [0.4, 0.5) is 0 Å². The van der Waals surface area contributed by atoms with E-state index in [1.807, 2.05) is 13.8 Å². The van der Waals surface area contributed by atoms with E-state index in [-0.39, 0.29) is 37.2 Å². The molecule has 6 heteroatoms. The maximum absolute atomic E-state index is 4.85. The van der Waals surface area contributed by atoms with Gasteiger partial charge in [-0.2, -0.15) is 0 Å². The van der Waals surface area contributed by atoms with Crippen molar-refractivity contribution in [3.63, 3.8) is 0 Å². The Hall–Kier alpha value is 1.31. The normalized spacial score (nSPS) is 6.20. The van der Waals surface area contributed by atoms with E-state index in [9.17, 15) is 0 Å². The van der Waals surface area contributed by atoms with E-state index >= 15 is 0 Å². The van der Waals surface area contributed by atoms with E-state index in [4.69, 9.17) is 7.64 Å². The van der Waals surface area contributed by atoms with Crippen molar-refractivity contribution in [1.82, 2.24) is 0 Å². The molecule has 0 aliphatic carbocycles. The monoisotopic (exact) mass is 251 g/mol. The summed E-state index contributed by atoms with van der Waals surface area (Å²) in [5.74, 6) is 0. The minimum Gasteiger partial charge on any atom is -1.00 e. The number of hydrogen-bond acceptors (Lipinski definition) is 2. The van der Waals surface area contributed by atoms with Crippen LogP contribution < -0.4 is 37.2 Å². The van der Waals surface area contributed by atoms with Crippen molar-refractivity contribution in [2.24, 2.45) is 0 Å². The minimum absolute atomic E-state index is 0. The first-order chi connectivity index (χ1) is 3.41. The zero-order valence-electron chi connectivity index (χ0n) is 5.72. The van der Waals surface area contributed by atoms with Crippen molar-refractivity contribution in [1.29, 1.82) is 0 Å². The molecule has 0 N–H and O–H groups in total. The van der Waals surface area contributed by atoms with Crippen molar-refractivity contribution in [3.8, 4) is 0 Å². The first kappa shape index (κ1) is 22.5. The van der Waals surface area contributed by atoms with Crippen molar-refractivity contribution in [2.75, 3.05) is 13.2 Å². The van der Waals surface area contributed by atoms with Gasteiger partial charge in [0.1, 0.15) is 0 Å². The van der Waals surface area contributed by atoms with E-state index in [0.717, 1.165) is 13.2 Å². The van der Waals surface area contributed by atoms with Crippen LogP contribution in [0.15, 0.2) is 0 Å². The van der Waals surface area contributed by atoms with Crippen molar-refractivity contribution in [3.05, 3.63) is 0 Å². The molecule has 0 rings (SSSR count). The van der Waals surface area contributed by atoms with E-state index in [1.54, 1.807) is 0 Å². The molecule has 0 aromatic carbocycles. The molecule has 67 valence electrons. The zero-order chi connectivity index (χ0) is 5.54. The first-order valence-corrected chi connectivity index (χ1v) is 3.18. The van der Waals surface area contributed by atoms with Crippen LogP contribution >= 0.6 is 0 Å². The molecule has 0 spiro atoms. The van der Waals surface area contributed by atoms with E-state index in [2.05, 4.69) is 0 Å². The van der Waals surface area contributed by atoms with E-state index in [0.29, 0.717) is 15.6 Å². The van der Waals surface area contributed by atoms with Gasteiger partial charge in [0.05, 0.1) is 0 Å². The fraction of sp³-hybridized carbons (Fsp3) is 1.00. The van der Waals surface area contributed by atoms with Gasteiger partial charge in [0.2, 0.25) is 0 Å². The molecular formula is C4H10Cl3FeO2. The van der Waals surface area contributed by atoms with Crippen LogP contribution in [0.5, 0.6) is 0 Å². The van der Waals surface area contributed by atoms with Gasteiger partial charge in [0.25, 0.3) is 0 Å². The van der Waals surface area contributed by atoms with Crippen LogP contribution in [0.25, 0.3) is 0 Å². The minimum atomic E-state index is 0. The predicted octanol–water partition coefficient (Wildman–Crippen LogP) is -8.02. The van der Waals surface area contributed by atoms with E-state index < -0.39 is 0 Å². The van der Waals surface area contributed by atoms with Gasteiger partial charge in [-0.05, 0) is 0 Å². The Balaban J connectivity index is -0.0000000600. The molecule has 0 bridgehead atoms. The van der Waals surface area contributed by atoms with Crippen molar-refractivity contribution < 1.29 is 60.5 Å². The van der Waals surface area contributed by atoms with E-state index in [1.165, 1.54) is 0 Å². The molecule has 0 atom stereocenters. The Morgan fingerprint density at radius 3 is 1.40 bits per heavy atom. The van der Waals surface area contributed by atoms with Gasteiger partial charge < -0.3 is 37.2 Å². The first-order valence-electron chi connectivity index (χ1n) is 2.28. The van der Waals surface area contributed by atoms with Gasteiger partial charge in [-0.15, -0.1) is 0 Å². The molecule has 0 aromatic rings. The molecule has 0 fully saturated rings. The third kappa shape index (κ3) is 22.8. The molecule has 10 heavy (non-hydrogen) atoms. The van der Waals surface area contributed by atoms with Crippen LogP contribution in [-0.4, -0.2) is 13.2 Å². The third-order valence-corrected chi connectivity index (χ3v) is 1.19. The van der Waals surface area contributed by atoms with Gasteiger partial charge in [0.15, 0.2) is 0 Å². The molecule has 0 aliphatic heterocycles. The van der Waals surface area contributed by atoms with Crippen LogP contribution in [0.1, 0.15) is 13.8 Å². The second-order valence-corrected chi connectivity index (χ2v) is 1.66. The second-order valence-electron chi connectivity index (χ2n) is 0.840. The second kappa shape index (κ2) is 22.4. The fourth-order valence-electron chi connectivity index (χ4n) is 0.113. The number of halogens is 3. The maximum Gasteiger partial charge on any atom is -1.00 e. The average molecular weight is 252 g/mol. The molecule has 0 saturated carbocycles. The summed E-state index contributed by atoms with van der Waals surface area (Å²) in [4.78, 5) is 0. The number of hydrogen-bond donors (Lipinski definition) is 0. The molecule has 0 unspecified atom stereocenters. The predicted molar refractivity (Wildman–Crippen MR) is 23.3 cm³/mol. The van der Waals surface area contributed by atoms with Crippen LogP contribution in [0, 0.1) is 0 Å². The Morgan fingerprint density at radius 2 is 1.20 bits per heavy atom. The quantitative estimate of drug-likeness (QED) is 0.365. The summed E-state index contributed by atoms with van der Waals surface area (Å²) in [5, 5.41) is 0. The topological polar surface area (TPSA) is 18.5 Å². The smallest absolute Gasteiger partial charge is 1.00 e. The van der Waals surface area contributed by atoms with Crippen LogP contribution in [-0.2, 0) is 23.3 Å². The summed E-state index contributed by atoms with van der Waals surface area (Å²) < 4.78 is 9.70. The average Bonchev–Trinajstić information content (AvgIpc) is 1.69. The van der Waals surface area contributed by atoms with Gasteiger partial charge in [0, 0.05) is 0 Å². The van der Waals surface area contributed by atoms with Gasteiger partial charge in [-0.25, -0.2) is 0 Å². The Morgan fingerprint density at radius 1 is 0.900 bits per heavy atom. The summed E-state index contributed by atoms with van der Waals surface area (Å²) >= 11 is 0.438. The summed E-state index contributed by atoms with van der Waals surface area (Å²) in [6, 6.07) is 0. The molecule has 0 heterocycles.